The second-order valence-electron chi connectivity index (χ2n) is 2.94. The van der Waals surface area contributed by atoms with Crippen molar-refractivity contribution in [2.24, 2.45) is 0 Å². The number of carboxylic acids is 1. The van der Waals surface area contributed by atoms with Crippen molar-refractivity contribution in [3.8, 4) is 0 Å². The number of aromatic carboxylic acids is 1. The highest BCUT2D eigenvalue weighted by Crippen LogP contribution is 2.16. The van der Waals surface area contributed by atoms with Crippen LogP contribution in [0.1, 0.15) is 22.2 Å². The zero-order chi connectivity index (χ0) is 11.4. The molecule has 82 valence electrons. The fourth-order valence-corrected chi connectivity index (χ4v) is 1.19. The first-order chi connectivity index (χ1) is 7.06. The van der Waals surface area contributed by atoms with Crippen molar-refractivity contribution in [1.29, 1.82) is 0 Å². The molecule has 0 bridgehead atoms. The Bertz CT molecular complexity index is 358. The molecule has 6 heteroatoms. The summed E-state index contributed by atoms with van der Waals surface area (Å²) in [5, 5.41) is 27.4. The van der Waals surface area contributed by atoms with Crippen LogP contribution in [0.25, 0.3) is 0 Å². The monoisotopic (exact) mass is 231 g/mol. The summed E-state index contributed by atoms with van der Waals surface area (Å²) in [5.74, 6) is -1.27. The molecule has 0 aliphatic heterocycles. The van der Waals surface area contributed by atoms with Gasteiger partial charge in [0.05, 0.1) is 23.2 Å². The van der Waals surface area contributed by atoms with Crippen LogP contribution in [-0.4, -0.2) is 38.3 Å². The highest BCUT2D eigenvalue weighted by molar-refractivity contribution is 6.18. The zero-order valence-corrected chi connectivity index (χ0v) is 8.42. The van der Waals surface area contributed by atoms with E-state index in [1.165, 1.54) is 18.3 Å². The largest absolute Gasteiger partial charge is 0.478 e. The number of rotatable bonds is 4. The van der Waals surface area contributed by atoms with Crippen molar-refractivity contribution in [1.82, 2.24) is 4.98 Å². The molecule has 2 unspecified atom stereocenters. The molecule has 0 aliphatic carbocycles. The second kappa shape index (κ2) is 5.06. The van der Waals surface area contributed by atoms with Crippen molar-refractivity contribution in [3.05, 3.63) is 29.6 Å². The molecular weight excluding hydrogens is 222 g/mol. The number of halogens is 1. The van der Waals surface area contributed by atoms with Gasteiger partial charge in [0.15, 0.2) is 0 Å². The minimum absolute atomic E-state index is 0.000762. The Hall–Kier alpha value is -1.17. The number of nitrogens with zero attached hydrogens (tertiary/aromatic N) is 1. The fraction of sp³-hybridized carbons (Fsp3) is 0.333. The summed E-state index contributed by atoms with van der Waals surface area (Å²) in [4.78, 5) is 14.4. The summed E-state index contributed by atoms with van der Waals surface area (Å²) >= 11 is 5.34. The lowest BCUT2D eigenvalue weighted by Crippen LogP contribution is -2.21. The van der Waals surface area contributed by atoms with Crippen molar-refractivity contribution in [2.45, 2.75) is 12.2 Å². The highest BCUT2D eigenvalue weighted by Gasteiger charge is 2.19. The van der Waals surface area contributed by atoms with Gasteiger partial charge in [-0.1, -0.05) is 0 Å². The molecule has 1 rings (SSSR count). The Morgan fingerprint density at radius 1 is 1.53 bits per heavy atom. The van der Waals surface area contributed by atoms with Gasteiger partial charge in [0.1, 0.15) is 6.10 Å². The number of hydrogen-bond acceptors (Lipinski definition) is 4. The van der Waals surface area contributed by atoms with Crippen LogP contribution in [0.15, 0.2) is 18.3 Å². The molecule has 1 heterocycles. The number of aliphatic hydroxyl groups excluding tert-OH is 2. The van der Waals surface area contributed by atoms with Gasteiger partial charge in [0.25, 0.3) is 0 Å². The van der Waals surface area contributed by atoms with Crippen LogP contribution in [0.5, 0.6) is 0 Å². The van der Waals surface area contributed by atoms with E-state index in [0.717, 1.165) is 0 Å². The number of carboxylic acid groups (broad SMARTS) is 1. The quantitative estimate of drug-likeness (QED) is 0.653. The molecule has 2 atom stereocenters. The molecule has 0 saturated heterocycles. The van der Waals surface area contributed by atoms with Crippen LogP contribution in [0, 0.1) is 0 Å². The first-order valence-corrected chi connectivity index (χ1v) is 4.71. The van der Waals surface area contributed by atoms with E-state index in [0.29, 0.717) is 0 Å². The molecule has 3 N–H and O–H groups in total. The van der Waals surface area contributed by atoms with E-state index in [-0.39, 0.29) is 17.1 Å². The van der Waals surface area contributed by atoms with Gasteiger partial charge in [0, 0.05) is 6.20 Å². The Kier molecular flexibility index (Phi) is 4.02. The van der Waals surface area contributed by atoms with Crippen molar-refractivity contribution < 1.29 is 20.1 Å². The molecule has 15 heavy (non-hydrogen) atoms. The molecule has 0 fully saturated rings. The van der Waals surface area contributed by atoms with Crippen molar-refractivity contribution in [2.75, 3.05) is 5.88 Å². The molecule has 0 aliphatic rings. The van der Waals surface area contributed by atoms with Crippen molar-refractivity contribution >= 4 is 17.6 Å². The third-order valence-electron chi connectivity index (χ3n) is 1.85. The molecule has 0 amide bonds. The van der Waals surface area contributed by atoms with Gasteiger partial charge in [0.2, 0.25) is 0 Å². The number of aromatic nitrogens is 1. The van der Waals surface area contributed by atoms with Gasteiger partial charge in [-0.2, -0.15) is 0 Å². The Labute approximate surface area is 91.0 Å². The zero-order valence-electron chi connectivity index (χ0n) is 7.67. The van der Waals surface area contributed by atoms with Gasteiger partial charge in [-0.15, -0.1) is 11.6 Å². The number of hydrogen-bond donors (Lipinski definition) is 3. The summed E-state index contributed by atoms with van der Waals surface area (Å²) in [6, 6.07) is 2.49. The lowest BCUT2D eigenvalue weighted by atomic mass is 10.1. The first-order valence-electron chi connectivity index (χ1n) is 4.17. The molecular formula is C9H10ClNO4. The smallest absolute Gasteiger partial charge is 0.335 e. The van der Waals surface area contributed by atoms with Crippen LogP contribution in [-0.2, 0) is 0 Å². The normalized spacial score (nSPS) is 14.6. The van der Waals surface area contributed by atoms with E-state index in [4.69, 9.17) is 16.7 Å². The average Bonchev–Trinajstić information content (AvgIpc) is 2.27. The summed E-state index contributed by atoms with van der Waals surface area (Å²) in [6.07, 6.45) is -1.19. The summed E-state index contributed by atoms with van der Waals surface area (Å²) < 4.78 is 0. The van der Waals surface area contributed by atoms with Crippen LogP contribution < -0.4 is 0 Å². The maximum Gasteiger partial charge on any atom is 0.335 e. The van der Waals surface area contributed by atoms with E-state index < -0.39 is 18.2 Å². The van der Waals surface area contributed by atoms with Gasteiger partial charge in [-0.3, -0.25) is 4.98 Å². The van der Waals surface area contributed by atoms with E-state index in [1.54, 1.807) is 0 Å². The molecule has 0 aromatic carbocycles. The predicted octanol–water partition coefficient (Wildman–Crippen LogP) is 0.413. The van der Waals surface area contributed by atoms with Gasteiger partial charge < -0.3 is 15.3 Å². The lowest BCUT2D eigenvalue weighted by molar-refractivity contribution is 0.0299. The van der Waals surface area contributed by atoms with Gasteiger partial charge >= 0.3 is 5.97 Å². The third-order valence-corrected chi connectivity index (χ3v) is 2.17. The third kappa shape index (κ3) is 2.89. The Balaban J connectivity index is 2.94. The Morgan fingerprint density at radius 2 is 2.20 bits per heavy atom. The average molecular weight is 232 g/mol. The van der Waals surface area contributed by atoms with E-state index in [2.05, 4.69) is 4.98 Å². The number of aliphatic hydroxyl groups is 2. The van der Waals surface area contributed by atoms with E-state index in [1.807, 2.05) is 0 Å². The summed E-state index contributed by atoms with van der Waals surface area (Å²) in [5.41, 5.74) is 0.0869. The van der Waals surface area contributed by atoms with Crippen LogP contribution in [0.2, 0.25) is 0 Å². The van der Waals surface area contributed by atoms with E-state index >= 15 is 0 Å². The molecule has 0 saturated carbocycles. The maximum atomic E-state index is 10.6. The minimum Gasteiger partial charge on any atom is -0.478 e. The number of alkyl halides is 1. The van der Waals surface area contributed by atoms with Gasteiger partial charge in [-0.25, -0.2) is 4.79 Å². The standard InChI is InChI=1S/C9H10ClNO4/c10-4-7(12)8(13)6-3-5(9(14)15)1-2-11-6/h1-3,7-8,12-13H,4H2,(H,14,15). The molecule has 1 aromatic heterocycles. The van der Waals surface area contributed by atoms with Gasteiger partial charge in [-0.05, 0) is 12.1 Å². The molecule has 1 aromatic rings. The molecule has 5 nitrogen and oxygen atoms in total. The van der Waals surface area contributed by atoms with Crippen LogP contribution in [0.3, 0.4) is 0 Å². The summed E-state index contributed by atoms with van der Waals surface area (Å²) in [7, 11) is 0. The highest BCUT2D eigenvalue weighted by atomic mass is 35.5. The molecule has 0 radical (unpaired) electrons. The maximum absolute atomic E-state index is 10.6. The van der Waals surface area contributed by atoms with Crippen LogP contribution >= 0.6 is 11.6 Å². The number of carbonyl (C=O) groups is 1. The fourth-order valence-electron chi connectivity index (χ4n) is 1.02. The minimum atomic E-state index is -1.28. The van der Waals surface area contributed by atoms with E-state index in [9.17, 15) is 15.0 Å². The first kappa shape index (κ1) is 11.9. The SMILES string of the molecule is O=C(O)c1ccnc(C(O)C(O)CCl)c1. The number of pyridine rings is 1. The predicted molar refractivity (Wildman–Crippen MR) is 52.9 cm³/mol. The second-order valence-corrected chi connectivity index (χ2v) is 3.25. The topological polar surface area (TPSA) is 90.7 Å². The Morgan fingerprint density at radius 3 is 2.73 bits per heavy atom. The summed E-state index contributed by atoms with van der Waals surface area (Å²) in [6.45, 7) is 0. The van der Waals surface area contributed by atoms with Crippen molar-refractivity contribution in [3.63, 3.8) is 0 Å². The van der Waals surface area contributed by atoms with Crippen LogP contribution in [0.4, 0.5) is 0 Å². The lowest BCUT2D eigenvalue weighted by Gasteiger charge is -2.14. The molecule has 0 spiro atoms.